The lowest BCUT2D eigenvalue weighted by Gasteiger charge is -2.11. The van der Waals surface area contributed by atoms with Crippen molar-refractivity contribution >= 4 is 27.5 Å². The molecule has 1 unspecified atom stereocenters. The normalized spacial score (nSPS) is 12.1. The van der Waals surface area contributed by atoms with E-state index in [1.807, 2.05) is 0 Å². The standard InChI is InChI=1S/C10H11BrN6O/c1-5(9-14-16-17-15-9)13-10(18)6-3-2-4-7(12)8(6)11/h2-5H,12H2,1H3,(H,13,18)(H,14,15,16,17). The van der Waals surface area contributed by atoms with Crippen molar-refractivity contribution in [2.45, 2.75) is 13.0 Å². The Morgan fingerprint density at radius 1 is 1.56 bits per heavy atom. The molecule has 0 spiro atoms. The van der Waals surface area contributed by atoms with Gasteiger partial charge in [0, 0.05) is 5.69 Å². The van der Waals surface area contributed by atoms with E-state index in [4.69, 9.17) is 5.73 Å². The van der Waals surface area contributed by atoms with E-state index < -0.39 is 0 Å². The van der Waals surface area contributed by atoms with E-state index in [1.165, 1.54) is 0 Å². The van der Waals surface area contributed by atoms with Gasteiger partial charge in [0.05, 0.1) is 16.1 Å². The van der Waals surface area contributed by atoms with Gasteiger partial charge in [0.1, 0.15) is 0 Å². The number of nitrogens with zero attached hydrogens (tertiary/aromatic N) is 3. The Hall–Kier alpha value is -1.96. The van der Waals surface area contributed by atoms with Crippen molar-refractivity contribution in [1.82, 2.24) is 25.9 Å². The van der Waals surface area contributed by atoms with Gasteiger partial charge in [0.15, 0.2) is 5.82 Å². The van der Waals surface area contributed by atoms with Gasteiger partial charge in [-0.05, 0) is 35.0 Å². The quantitative estimate of drug-likeness (QED) is 0.734. The summed E-state index contributed by atoms with van der Waals surface area (Å²) in [7, 11) is 0. The summed E-state index contributed by atoms with van der Waals surface area (Å²) in [6.07, 6.45) is 0. The zero-order valence-electron chi connectivity index (χ0n) is 9.51. The van der Waals surface area contributed by atoms with Crippen LogP contribution in [-0.2, 0) is 0 Å². The number of benzene rings is 1. The molecule has 8 heteroatoms. The fourth-order valence-electron chi connectivity index (χ4n) is 1.42. The number of nitrogens with one attached hydrogen (secondary N) is 2. The largest absolute Gasteiger partial charge is 0.398 e. The first-order valence-electron chi connectivity index (χ1n) is 5.17. The maximum Gasteiger partial charge on any atom is 0.253 e. The Bertz CT molecular complexity index is 556. The number of anilines is 1. The highest BCUT2D eigenvalue weighted by atomic mass is 79.9. The number of nitrogens with two attached hydrogens (primary N) is 1. The number of amides is 1. The fraction of sp³-hybridized carbons (Fsp3) is 0.200. The predicted molar refractivity (Wildman–Crippen MR) is 68.6 cm³/mol. The predicted octanol–water partition coefficient (Wildman–Crippen LogP) is 1.04. The molecule has 2 aromatic rings. The van der Waals surface area contributed by atoms with Crippen molar-refractivity contribution < 1.29 is 4.79 Å². The van der Waals surface area contributed by atoms with Crippen LogP contribution in [-0.4, -0.2) is 26.5 Å². The zero-order chi connectivity index (χ0) is 13.1. The highest BCUT2D eigenvalue weighted by molar-refractivity contribution is 9.10. The molecule has 1 atom stereocenters. The highest BCUT2D eigenvalue weighted by Crippen LogP contribution is 2.24. The SMILES string of the molecule is CC(NC(=O)c1cccc(N)c1Br)c1nn[nH]n1. The molecule has 0 aliphatic carbocycles. The molecule has 1 aromatic carbocycles. The molecule has 0 saturated carbocycles. The van der Waals surface area contributed by atoms with E-state index in [9.17, 15) is 4.79 Å². The molecule has 4 N–H and O–H groups in total. The molecule has 1 amide bonds. The van der Waals surface area contributed by atoms with Crippen LogP contribution >= 0.6 is 15.9 Å². The van der Waals surface area contributed by atoms with Crippen LogP contribution in [0.15, 0.2) is 22.7 Å². The number of hydrogen-bond donors (Lipinski definition) is 3. The van der Waals surface area contributed by atoms with Crippen LogP contribution in [0, 0.1) is 0 Å². The van der Waals surface area contributed by atoms with Crippen molar-refractivity contribution in [3.05, 3.63) is 34.1 Å². The van der Waals surface area contributed by atoms with Crippen LogP contribution in [0.4, 0.5) is 5.69 Å². The summed E-state index contributed by atoms with van der Waals surface area (Å²) in [6.45, 7) is 1.77. The molecular formula is C10H11BrN6O. The van der Waals surface area contributed by atoms with E-state index in [1.54, 1.807) is 25.1 Å². The Labute approximate surface area is 111 Å². The van der Waals surface area contributed by atoms with Gasteiger partial charge in [-0.2, -0.15) is 5.21 Å². The monoisotopic (exact) mass is 310 g/mol. The number of nitrogen functional groups attached to an aromatic ring is 1. The minimum absolute atomic E-state index is 0.258. The molecule has 0 aliphatic rings. The number of aromatic amines is 1. The van der Waals surface area contributed by atoms with Gasteiger partial charge < -0.3 is 11.1 Å². The molecule has 18 heavy (non-hydrogen) atoms. The number of tetrazole rings is 1. The van der Waals surface area contributed by atoms with Crippen molar-refractivity contribution in [1.29, 1.82) is 0 Å². The smallest absolute Gasteiger partial charge is 0.253 e. The topological polar surface area (TPSA) is 110 Å². The van der Waals surface area contributed by atoms with Crippen LogP contribution < -0.4 is 11.1 Å². The Balaban J connectivity index is 2.15. The van der Waals surface area contributed by atoms with Gasteiger partial charge in [-0.25, -0.2) is 0 Å². The van der Waals surface area contributed by atoms with Gasteiger partial charge in [0.2, 0.25) is 0 Å². The summed E-state index contributed by atoms with van der Waals surface area (Å²) in [5, 5.41) is 16.1. The Morgan fingerprint density at radius 3 is 3.00 bits per heavy atom. The van der Waals surface area contributed by atoms with Crippen molar-refractivity contribution in [3.8, 4) is 0 Å². The minimum atomic E-state index is -0.343. The lowest BCUT2D eigenvalue weighted by molar-refractivity contribution is 0.0937. The van der Waals surface area contributed by atoms with Crippen LogP contribution in [0.25, 0.3) is 0 Å². The molecule has 0 fully saturated rings. The molecule has 0 saturated heterocycles. The average Bonchev–Trinajstić information content (AvgIpc) is 2.86. The van der Waals surface area contributed by atoms with E-state index in [0.717, 1.165) is 0 Å². The van der Waals surface area contributed by atoms with Gasteiger partial charge in [-0.15, -0.1) is 10.2 Å². The maximum absolute atomic E-state index is 12.0. The number of carbonyl (C=O) groups is 1. The Kier molecular flexibility index (Phi) is 3.56. The summed E-state index contributed by atoms with van der Waals surface area (Å²) in [5.41, 5.74) is 6.69. The summed E-state index contributed by atoms with van der Waals surface area (Å²) < 4.78 is 0.572. The molecule has 1 heterocycles. The van der Waals surface area contributed by atoms with Crippen LogP contribution in [0.5, 0.6) is 0 Å². The summed E-state index contributed by atoms with van der Waals surface area (Å²) >= 11 is 3.28. The second-order valence-corrected chi connectivity index (χ2v) is 4.47. The number of carbonyl (C=O) groups excluding carboxylic acids is 1. The van der Waals surface area contributed by atoms with E-state index in [-0.39, 0.29) is 11.9 Å². The van der Waals surface area contributed by atoms with Crippen molar-refractivity contribution in [2.24, 2.45) is 0 Å². The molecule has 1 aromatic heterocycles. The first-order chi connectivity index (χ1) is 8.59. The third kappa shape index (κ3) is 2.48. The number of H-pyrrole nitrogens is 1. The van der Waals surface area contributed by atoms with Crippen LogP contribution in [0.1, 0.15) is 29.1 Å². The zero-order valence-corrected chi connectivity index (χ0v) is 11.1. The second kappa shape index (κ2) is 5.13. The van der Waals surface area contributed by atoms with Crippen LogP contribution in [0.3, 0.4) is 0 Å². The third-order valence-electron chi connectivity index (χ3n) is 2.37. The maximum atomic E-state index is 12.0. The average molecular weight is 311 g/mol. The van der Waals surface area contributed by atoms with Crippen molar-refractivity contribution in [3.63, 3.8) is 0 Å². The first-order valence-corrected chi connectivity index (χ1v) is 5.97. The summed E-state index contributed by atoms with van der Waals surface area (Å²) in [5.74, 6) is 0.162. The van der Waals surface area contributed by atoms with Gasteiger partial charge in [-0.1, -0.05) is 11.3 Å². The lowest BCUT2D eigenvalue weighted by atomic mass is 10.2. The molecule has 0 radical (unpaired) electrons. The Morgan fingerprint density at radius 2 is 2.33 bits per heavy atom. The first kappa shape index (κ1) is 12.5. The second-order valence-electron chi connectivity index (χ2n) is 3.67. The third-order valence-corrected chi connectivity index (χ3v) is 3.25. The molecule has 7 nitrogen and oxygen atoms in total. The number of hydrogen-bond acceptors (Lipinski definition) is 5. The van der Waals surface area contributed by atoms with Crippen molar-refractivity contribution in [2.75, 3.05) is 5.73 Å². The van der Waals surface area contributed by atoms with Crippen LogP contribution in [0.2, 0.25) is 0 Å². The number of aromatic nitrogens is 4. The molecule has 2 rings (SSSR count). The highest BCUT2D eigenvalue weighted by Gasteiger charge is 2.17. The fourth-order valence-corrected chi connectivity index (χ4v) is 1.86. The summed E-state index contributed by atoms with van der Waals surface area (Å²) in [6, 6.07) is 4.76. The van der Waals surface area contributed by atoms with E-state index in [2.05, 4.69) is 41.9 Å². The summed E-state index contributed by atoms with van der Waals surface area (Å²) in [4.78, 5) is 12.0. The van der Waals surface area contributed by atoms with Gasteiger partial charge >= 0.3 is 0 Å². The molecule has 0 bridgehead atoms. The molecule has 0 aliphatic heterocycles. The van der Waals surface area contributed by atoms with E-state index in [0.29, 0.717) is 21.5 Å². The van der Waals surface area contributed by atoms with E-state index >= 15 is 0 Å². The number of halogens is 1. The molecule has 94 valence electrons. The minimum Gasteiger partial charge on any atom is -0.398 e. The van der Waals surface area contributed by atoms with Gasteiger partial charge in [-0.3, -0.25) is 4.79 Å². The molecular weight excluding hydrogens is 300 g/mol. The number of rotatable bonds is 3. The lowest BCUT2D eigenvalue weighted by Crippen LogP contribution is -2.27. The van der Waals surface area contributed by atoms with Gasteiger partial charge in [0.25, 0.3) is 5.91 Å².